The van der Waals surface area contributed by atoms with Gasteiger partial charge in [-0.15, -0.1) is 11.8 Å². The standard InChI is InChI=1S/C24H26N2O4S2/c1-17-16-31-22-8-7-20(15-21(22)25-24(17)28)32(29,30)14-11-23(27)26-12-9-19(10-13-26)18-5-3-2-4-6-18/h2-9,15,17H,10-14,16H2,1H3,(H,25,28)/t17-/m0/s1. The number of hydrogen-bond acceptors (Lipinski definition) is 5. The van der Waals surface area contributed by atoms with Gasteiger partial charge < -0.3 is 10.2 Å². The lowest BCUT2D eigenvalue weighted by Crippen LogP contribution is -2.35. The quantitative estimate of drug-likeness (QED) is 0.718. The van der Waals surface area contributed by atoms with Gasteiger partial charge in [-0.1, -0.05) is 43.3 Å². The van der Waals surface area contributed by atoms with E-state index in [1.165, 1.54) is 23.4 Å². The number of sulfone groups is 1. The molecule has 2 aliphatic rings. The summed E-state index contributed by atoms with van der Waals surface area (Å²) in [7, 11) is -3.65. The van der Waals surface area contributed by atoms with Gasteiger partial charge in [0.2, 0.25) is 11.8 Å². The molecule has 2 aliphatic heterocycles. The van der Waals surface area contributed by atoms with Crippen LogP contribution in [0.1, 0.15) is 25.3 Å². The minimum atomic E-state index is -3.65. The van der Waals surface area contributed by atoms with Gasteiger partial charge >= 0.3 is 0 Å². The maximum absolute atomic E-state index is 12.9. The van der Waals surface area contributed by atoms with Gasteiger partial charge in [0.25, 0.3) is 0 Å². The predicted octanol–water partition coefficient (Wildman–Crippen LogP) is 3.85. The number of nitrogens with one attached hydrogen (secondary N) is 1. The smallest absolute Gasteiger partial charge is 0.228 e. The largest absolute Gasteiger partial charge is 0.339 e. The first-order chi connectivity index (χ1) is 15.3. The average Bonchev–Trinajstić information content (AvgIpc) is 2.95. The summed E-state index contributed by atoms with van der Waals surface area (Å²) in [5.41, 5.74) is 2.89. The Balaban J connectivity index is 1.38. The number of benzene rings is 2. The number of nitrogens with zero attached hydrogens (tertiary/aromatic N) is 1. The number of hydrogen-bond donors (Lipinski definition) is 1. The van der Waals surface area contributed by atoms with E-state index in [9.17, 15) is 18.0 Å². The van der Waals surface area contributed by atoms with Gasteiger partial charge in [-0.25, -0.2) is 8.42 Å². The molecule has 0 spiro atoms. The van der Waals surface area contributed by atoms with Crippen molar-refractivity contribution in [1.82, 2.24) is 4.90 Å². The topological polar surface area (TPSA) is 83.6 Å². The average molecular weight is 471 g/mol. The van der Waals surface area contributed by atoms with Crippen LogP contribution in [0.3, 0.4) is 0 Å². The van der Waals surface area contributed by atoms with Gasteiger partial charge in [0.15, 0.2) is 9.84 Å². The van der Waals surface area contributed by atoms with E-state index < -0.39 is 9.84 Å². The predicted molar refractivity (Wildman–Crippen MR) is 127 cm³/mol. The van der Waals surface area contributed by atoms with Crippen LogP contribution < -0.4 is 5.32 Å². The zero-order chi connectivity index (χ0) is 22.7. The van der Waals surface area contributed by atoms with Crippen molar-refractivity contribution < 1.29 is 18.0 Å². The van der Waals surface area contributed by atoms with Crippen LogP contribution in [-0.4, -0.2) is 49.7 Å². The number of amides is 2. The van der Waals surface area contributed by atoms with E-state index in [0.29, 0.717) is 24.5 Å². The van der Waals surface area contributed by atoms with Crippen molar-refractivity contribution in [2.75, 3.05) is 29.9 Å². The highest BCUT2D eigenvalue weighted by molar-refractivity contribution is 7.99. The molecule has 168 valence electrons. The molecule has 4 rings (SSSR count). The van der Waals surface area contributed by atoms with Crippen molar-refractivity contribution in [3.05, 3.63) is 60.2 Å². The Labute approximate surface area is 193 Å². The van der Waals surface area contributed by atoms with Gasteiger partial charge in [-0.2, -0.15) is 0 Å². The lowest BCUT2D eigenvalue weighted by Gasteiger charge is -2.26. The Morgan fingerprint density at radius 2 is 1.97 bits per heavy atom. The second-order valence-electron chi connectivity index (χ2n) is 8.11. The Morgan fingerprint density at radius 3 is 2.69 bits per heavy atom. The van der Waals surface area contributed by atoms with Gasteiger partial charge in [-0.3, -0.25) is 9.59 Å². The summed E-state index contributed by atoms with van der Waals surface area (Å²) >= 11 is 1.53. The van der Waals surface area contributed by atoms with Crippen LogP contribution in [0.2, 0.25) is 0 Å². The summed E-state index contributed by atoms with van der Waals surface area (Å²) in [5, 5.41) is 2.81. The zero-order valence-corrected chi connectivity index (χ0v) is 19.5. The highest BCUT2D eigenvalue weighted by Gasteiger charge is 2.25. The maximum Gasteiger partial charge on any atom is 0.228 e. The number of fused-ring (bicyclic) bond motifs is 1. The van der Waals surface area contributed by atoms with E-state index >= 15 is 0 Å². The first-order valence-electron chi connectivity index (χ1n) is 10.7. The fourth-order valence-electron chi connectivity index (χ4n) is 3.78. The molecule has 0 fully saturated rings. The van der Waals surface area contributed by atoms with Crippen LogP contribution in [0, 0.1) is 5.92 Å². The molecule has 0 bridgehead atoms. The van der Waals surface area contributed by atoms with Crippen LogP contribution in [0.25, 0.3) is 5.57 Å². The first-order valence-corrected chi connectivity index (χ1v) is 13.3. The molecule has 0 aromatic heterocycles. The summed E-state index contributed by atoms with van der Waals surface area (Å²) in [6.45, 7) is 2.92. The Kier molecular flexibility index (Phi) is 6.71. The van der Waals surface area contributed by atoms with Crippen LogP contribution >= 0.6 is 11.8 Å². The van der Waals surface area contributed by atoms with Crippen LogP contribution in [0.4, 0.5) is 5.69 Å². The van der Waals surface area contributed by atoms with Crippen LogP contribution in [0.15, 0.2) is 64.4 Å². The first kappa shape index (κ1) is 22.6. The molecule has 0 saturated carbocycles. The van der Waals surface area contributed by atoms with Crippen molar-refractivity contribution >= 4 is 44.7 Å². The molecule has 2 aromatic rings. The zero-order valence-electron chi connectivity index (χ0n) is 17.9. The third-order valence-electron chi connectivity index (χ3n) is 5.80. The van der Waals surface area contributed by atoms with Crippen molar-refractivity contribution in [1.29, 1.82) is 0 Å². The summed E-state index contributed by atoms with van der Waals surface area (Å²) in [4.78, 5) is 27.4. The molecule has 2 heterocycles. The van der Waals surface area contributed by atoms with Gasteiger partial charge in [0.05, 0.1) is 16.3 Å². The molecule has 1 atom stereocenters. The maximum atomic E-state index is 12.9. The summed E-state index contributed by atoms with van der Waals surface area (Å²) in [6.07, 6.45) is 2.73. The molecule has 0 saturated heterocycles. The second kappa shape index (κ2) is 9.50. The summed E-state index contributed by atoms with van der Waals surface area (Å²) in [5.74, 6) is -0.0340. The number of thioether (sulfide) groups is 1. The van der Waals surface area contributed by atoms with Gasteiger partial charge in [-0.05, 0) is 35.8 Å². The second-order valence-corrected chi connectivity index (χ2v) is 11.3. The van der Waals surface area contributed by atoms with E-state index in [-0.39, 0.29) is 34.8 Å². The fourth-order valence-corrected chi connectivity index (χ4v) is 6.04. The molecule has 2 aromatic carbocycles. The van der Waals surface area contributed by atoms with E-state index in [2.05, 4.69) is 17.4 Å². The van der Waals surface area contributed by atoms with Crippen molar-refractivity contribution in [3.8, 4) is 0 Å². The third kappa shape index (κ3) is 5.07. The monoisotopic (exact) mass is 470 g/mol. The number of carbonyl (C=O) groups excluding carboxylic acids is 2. The Morgan fingerprint density at radius 1 is 1.19 bits per heavy atom. The molecular formula is C24H26N2O4S2. The minimum absolute atomic E-state index is 0.0634. The van der Waals surface area contributed by atoms with Crippen molar-refractivity contribution in [3.63, 3.8) is 0 Å². The summed E-state index contributed by atoms with van der Waals surface area (Å²) < 4.78 is 25.7. The molecule has 8 heteroatoms. The molecule has 6 nitrogen and oxygen atoms in total. The molecule has 0 radical (unpaired) electrons. The molecule has 32 heavy (non-hydrogen) atoms. The van der Waals surface area contributed by atoms with Crippen LogP contribution in [0.5, 0.6) is 0 Å². The van der Waals surface area contributed by atoms with Crippen molar-refractivity contribution in [2.24, 2.45) is 5.92 Å². The molecule has 2 amide bonds. The fraction of sp³-hybridized carbons (Fsp3) is 0.333. The van der Waals surface area contributed by atoms with E-state index in [1.807, 2.05) is 31.2 Å². The Hall–Kier alpha value is -2.58. The molecule has 0 aliphatic carbocycles. The lowest BCUT2D eigenvalue weighted by atomic mass is 9.99. The van der Waals surface area contributed by atoms with Gasteiger partial charge in [0, 0.05) is 36.1 Å². The minimum Gasteiger partial charge on any atom is -0.339 e. The van der Waals surface area contributed by atoms with E-state index in [0.717, 1.165) is 16.9 Å². The Bertz CT molecular complexity index is 1160. The highest BCUT2D eigenvalue weighted by atomic mass is 32.2. The van der Waals surface area contributed by atoms with E-state index in [1.54, 1.807) is 17.0 Å². The summed E-state index contributed by atoms with van der Waals surface area (Å²) in [6, 6.07) is 14.9. The number of carbonyl (C=O) groups is 2. The third-order valence-corrected chi connectivity index (χ3v) is 8.84. The highest BCUT2D eigenvalue weighted by Crippen LogP contribution is 2.34. The van der Waals surface area contributed by atoms with E-state index in [4.69, 9.17) is 0 Å². The molecule has 1 N–H and O–H groups in total. The van der Waals surface area contributed by atoms with Crippen molar-refractivity contribution in [2.45, 2.75) is 29.6 Å². The number of anilines is 1. The van der Waals surface area contributed by atoms with Crippen LogP contribution in [-0.2, 0) is 19.4 Å². The SMILES string of the molecule is C[C@H]1CSc2ccc(S(=O)(=O)CCC(=O)N3CC=C(c4ccccc4)CC3)cc2NC1=O. The molecular weight excluding hydrogens is 444 g/mol. The normalized spacial score (nSPS) is 18.9. The van der Waals surface area contributed by atoms with Gasteiger partial charge in [0.1, 0.15) is 0 Å². The molecule has 0 unspecified atom stereocenters. The number of rotatable bonds is 5. The lowest BCUT2D eigenvalue weighted by molar-refractivity contribution is -0.130.